The second-order valence-corrected chi connectivity index (χ2v) is 16.6. The maximum Gasteiger partial charge on any atom is 0.582 e. The second kappa shape index (κ2) is 14.8. The Bertz CT molecular complexity index is 1950. The highest BCUT2D eigenvalue weighted by Gasteiger charge is 2.69. The van der Waals surface area contributed by atoms with Crippen LogP contribution < -0.4 is 10.1 Å². The quantitative estimate of drug-likeness (QED) is 0.0705. The molecule has 4 aromatic rings. The van der Waals surface area contributed by atoms with Gasteiger partial charge in [0.1, 0.15) is 56.0 Å². The lowest BCUT2D eigenvalue weighted by atomic mass is 9.94. The molecular weight excluding hydrogens is 759 g/mol. The molecule has 2 unspecified atom stereocenters. The summed E-state index contributed by atoms with van der Waals surface area (Å²) in [6.45, 7) is 1.35. The Morgan fingerprint density at radius 2 is 1.76 bits per heavy atom. The number of fused-ring (bicyclic) bond motifs is 4. The summed E-state index contributed by atoms with van der Waals surface area (Å²) < 4.78 is 65.0. The lowest BCUT2D eigenvalue weighted by molar-refractivity contribution is -0.216. The fourth-order valence-corrected chi connectivity index (χ4v) is 8.22. The van der Waals surface area contributed by atoms with E-state index in [9.17, 15) is 14.8 Å². The molecule has 4 aromatic heterocycles. The molecule has 0 aliphatic carbocycles. The summed E-state index contributed by atoms with van der Waals surface area (Å²) in [7, 11) is -2.28. The van der Waals surface area contributed by atoms with Crippen LogP contribution in [-0.4, -0.2) is 118 Å². The largest absolute Gasteiger partial charge is 0.582 e. The third-order valence-corrected chi connectivity index (χ3v) is 10.3. The van der Waals surface area contributed by atoms with Crippen molar-refractivity contribution >= 4 is 77.8 Å². The number of anilines is 1. The molecule has 7 heterocycles. The first-order chi connectivity index (χ1) is 24.2. The van der Waals surface area contributed by atoms with E-state index in [0.717, 1.165) is 0 Å². The van der Waals surface area contributed by atoms with E-state index < -0.39 is 81.3 Å². The Hall–Kier alpha value is -2.59. The highest BCUT2D eigenvalue weighted by atomic mass is 32.9. The fourth-order valence-electron chi connectivity index (χ4n) is 6.34. The minimum Gasteiger partial charge on any atom is -0.472 e. The number of rotatable bonds is 14. The minimum absolute atomic E-state index is 0.124. The zero-order valence-electron chi connectivity index (χ0n) is 25.8. The number of aliphatic hydroxyl groups excluding tert-OH is 2. The van der Waals surface area contributed by atoms with E-state index in [1.165, 1.54) is 29.9 Å². The van der Waals surface area contributed by atoms with Crippen molar-refractivity contribution in [1.29, 1.82) is 0 Å². The van der Waals surface area contributed by atoms with Gasteiger partial charge < -0.3 is 34.5 Å². The van der Waals surface area contributed by atoms with Gasteiger partial charge in [0.2, 0.25) is 17.7 Å². The minimum atomic E-state index is -2.28. The molecule has 2 bridgehead atoms. The highest BCUT2D eigenvalue weighted by molar-refractivity contribution is 8.54. The molecule has 3 saturated heterocycles. The molecule has 50 heavy (non-hydrogen) atoms. The van der Waals surface area contributed by atoms with Gasteiger partial charge in [-0.15, -0.1) is 9.05 Å². The summed E-state index contributed by atoms with van der Waals surface area (Å²) in [5.41, 5.74) is 0.243. The maximum absolute atomic E-state index is 15.4. The molecule has 18 nitrogen and oxygen atoms in total. The van der Waals surface area contributed by atoms with Crippen LogP contribution >= 0.6 is 37.9 Å². The zero-order chi connectivity index (χ0) is 35.2. The van der Waals surface area contributed by atoms with E-state index in [1.807, 2.05) is 6.08 Å². The smallest absolute Gasteiger partial charge is 0.472 e. The first kappa shape index (κ1) is 35.8. The molecule has 0 spiro atoms. The van der Waals surface area contributed by atoms with Crippen LogP contribution in [0, 0.1) is 0 Å². The Morgan fingerprint density at radius 1 is 1.04 bits per heavy atom. The molecule has 0 aromatic carbocycles. The molecule has 24 heteroatoms. The number of hydrogen-bond acceptors (Lipinski definition) is 17. The number of aromatic nitrogens is 8. The summed E-state index contributed by atoms with van der Waals surface area (Å²) in [4.78, 5) is 25.9. The Balaban J connectivity index is 0.984. The average Bonchev–Trinajstić information content (AvgIpc) is 3.90. The van der Waals surface area contributed by atoms with Crippen LogP contribution in [0.5, 0.6) is 5.88 Å². The van der Waals surface area contributed by atoms with E-state index in [1.54, 1.807) is 17.6 Å². The Kier molecular flexibility index (Phi) is 10.6. The van der Waals surface area contributed by atoms with Crippen LogP contribution in [0.1, 0.15) is 19.4 Å². The van der Waals surface area contributed by atoms with Gasteiger partial charge in [-0.25, -0.2) is 29.3 Å². The molecular formula is C26H30FN9O9P2S3+2. The monoisotopic (exact) mass is 789 g/mol. The van der Waals surface area contributed by atoms with Gasteiger partial charge in [-0.05, 0) is 17.6 Å². The van der Waals surface area contributed by atoms with Crippen molar-refractivity contribution in [2.24, 2.45) is 0 Å². The van der Waals surface area contributed by atoms with Crippen LogP contribution in [-0.2, 0) is 39.6 Å². The summed E-state index contributed by atoms with van der Waals surface area (Å²) >= 11 is 12.9. The predicted molar refractivity (Wildman–Crippen MR) is 184 cm³/mol. The molecule has 0 saturated carbocycles. The van der Waals surface area contributed by atoms with E-state index in [4.69, 9.17) is 39.8 Å². The molecule has 3 aliphatic heterocycles. The van der Waals surface area contributed by atoms with Gasteiger partial charge in [-0.1, -0.05) is 6.08 Å². The van der Waals surface area contributed by atoms with Crippen LogP contribution in [0.2, 0.25) is 0 Å². The average molecular weight is 790 g/mol. The van der Waals surface area contributed by atoms with Gasteiger partial charge in [-0.3, -0.25) is 9.13 Å². The van der Waals surface area contributed by atoms with Gasteiger partial charge in [0.25, 0.3) is 0 Å². The highest BCUT2D eigenvalue weighted by Crippen LogP contribution is 2.53. The number of thiol groups is 2. The first-order valence-corrected chi connectivity index (χ1v) is 20.8. The third-order valence-electron chi connectivity index (χ3n) is 8.66. The molecule has 266 valence electrons. The Labute approximate surface area is 299 Å². The lowest BCUT2D eigenvalue weighted by Crippen LogP contribution is -2.49. The van der Waals surface area contributed by atoms with Gasteiger partial charge in [0.05, 0.1) is 32.0 Å². The van der Waals surface area contributed by atoms with Crippen molar-refractivity contribution in [2.75, 3.05) is 31.7 Å². The molecule has 3 fully saturated rings. The molecule has 3 N–H and O–H groups in total. The lowest BCUT2D eigenvalue weighted by Gasteiger charge is -2.34. The predicted octanol–water partition coefficient (Wildman–Crippen LogP) is 2.35. The van der Waals surface area contributed by atoms with Crippen molar-refractivity contribution in [3.8, 4) is 5.88 Å². The second-order valence-electron chi connectivity index (χ2n) is 11.3. The van der Waals surface area contributed by atoms with E-state index in [0.29, 0.717) is 29.0 Å². The van der Waals surface area contributed by atoms with E-state index in [2.05, 4.69) is 59.7 Å². The summed E-state index contributed by atoms with van der Waals surface area (Å²) in [6, 6.07) is 0. The number of alkyl halides is 1. The van der Waals surface area contributed by atoms with Gasteiger partial charge in [-0.2, -0.15) is 4.98 Å². The first-order valence-electron chi connectivity index (χ1n) is 15.0. The maximum atomic E-state index is 15.4. The Morgan fingerprint density at radius 3 is 2.48 bits per heavy atom. The number of halogens is 1. The van der Waals surface area contributed by atoms with Gasteiger partial charge >= 0.3 is 13.4 Å². The number of aliphatic hydroxyl groups is 2. The molecule has 0 amide bonds. The van der Waals surface area contributed by atoms with Crippen molar-refractivity contribution in [3.63, 3.8) is 0 Å². The number of nitrogens with zero attached hydrogens (tertiary/aromatic N) is 8. The molecule has 3 aliphatic rings. The van der Waals surface area contributed by atoms with Crippen molar-refractivity contribution < 1.29 is 47.2 Å². The molecule has 7 rings (SSSR count). The molecule has 0 radical (unpaired) electrons. The zero-order valence-corrected chi connectivity index (χ0v) is 30.2. The molecule has 11 atom stereocenters. The number of nitrogens with one attached hydrogen (secondary N) is 1. The fraction of sp³-hybridized carbons (Fsp3) is 0.538. The van der Waals surface area contributed by atoms with Crippen LogP contribution in [0.25, 0.3) is 22.3 Å². The normalized spacial score (nSPS) is 31.3. The number of ether oxygens (including phenoxy) is 4. The third kappa shape index (κ3) is 6.39. The van der Waals surface area contributed by atoms with Crippen molar-refractivity contribution in [2.45, 2.75) is 61.7 Å². The van der Waals surface area contributed by atoms with Gasteiger partial charge in [0.15, 0.2) is 64.6 Å². The van der Waals surface area contributed by atoms with Crippen LogP contribution in [0.4, 0.5) is 10.2 Å². The van der Waals surface area contributed by atoms with Crippen molar-refractivity contribution in [1.82, 2.24) is 39.0 Å². The summed E-state index contributed by atoms with van der Waals surface area (Å²) in [5.74, 6) is 0.634. The standard InChI is InChI=1S/C26H28FN9O9P2S3/c1-12-26(7-38)19(45-46(39)48)18(41-12)25(43-26)36-10-33-15-20(29-8-30-21(15)36)28-4-2-3-5-40-23-16-22(31-9-32-23)35(11-34-16)24-14(27)17(44-47(49)50)13(6-37)42-24/h2-3,8-14,17-19,24-25,37-38H,4-7H2,1H3,(H-2,28,29,30,39,48,49,50)/p+2/b3-2+/t12-,13+,14+,17+,18+,19-,24+,25+,26-/m0/s1. The number of imidazole rings is 2. The van der Waals surface area contributed by atoms with Crippen LogP contribution in [0.15, 0.2) is 37.5 Å². The van der Waals surface area contributed by atoms with E-state index in [-0.39, 0.29) is 18.1 Å². The summed E-state index contributed by atoms with van der Waals surface area (Å²) in [6.07, 6.45) is -0.143. The van der Waals surface area contributed by atoms with Crippen molar-refractivity contribution in [3.05, 3.63) is 37.5 Å². The topological polar surface area (TPSA) is 212 Å². The SMILES string of the molecule is C[C@@H]1O[C@H]2[C@H](n3cnc4c(NC/C=C/COc5ncnc6c5ncn6[C@@H]5O[C@H](CO)[C@@H](O[P+](=S)S)[C@H]5F)ncnc43)O[C@]1(CO)[C@H]2O[P+](=O)S. The van der Waals surface area contributed by atoms with Gasteiger partial charge in [0, 0.05) is 6.54 Å². The van der Waals surface area contributed by atoms with Crippen LogP contribution in [0.3, 0.4) is 0 Å². The number of hydrogen-bond donors (Lipinski definition) is 5. The summed E-state index contributed by atoms with van der Waals surface area (Å²) in [5, 5.41) is 23.1. The van der Waals surface area contributed by atoms with E-state index >= 15 is 4.39 Å².